The summed E-state index contributed by atoms with van der Waals surface area (Å²) in [6, 6.07) is 10.1. The fourth-order valence-electron chi connectivity index (χ4n) is 4.13. The Kier molecular flexibility index (Phi) is 4.92. The maximum atomic E-state index is 6.34. The van der Waals surface area contributed by atoms with Crippen LogP contribution >= 0.6 is 11.6 Å². The Morgan fingerprint density at radius 3 is 3.00 bits per heavy atom. The van der Waals surface area contributed by atoms with Crippen LogP contribution in [0.1, 0.15) is 31.1 Å². The van der Waals surface area contributed by atoms with Crippen LogP contribution in [0.2, 0.25) is 5.02 Å². The zero-order chi connectivity index (χ0) is 20.7. The fraction of sp³-hybridized carbons (Fsp3) is 0.318. The average molecular weight is 424 g/mol. The Balaban J connectivity index is 1.27. The maximum Gasteiger partial charge on any atom is 0.225 e. The standard InChI is InChI=1S/C22H22ClN5O2/c1-29-22-16-8-9-28(21(16)25-12-26-22)19-7-6-15(30-19)5-3-13-2-4-14-11-17(23)20(24)27-18(14)10-13/h2,4,8-12,15,19H,3,5-7H2,1H3,(H2,24,27). The number of hydrogen-bond donors (Lipinski definition) is 1. The fourth-order valence-corrected chi connectivity index (χ4v) is 4.29. The van der Waals surface area contributed by atoms with Crippen molar-refractivity contribution in [3.63, 3.8) is 0 Å². The molecule has 4 aromatic rings. The minimum atomic E-state index is -0.0210. The van der Waals surface area contributed by atoms with Crippen molar-refractivity contribution >= 4 is 39.4 Å². The lowest BCUT2D eigenvalue weighted by Crippen LogP contribution is -2.12. The van der Waals surface area contributed by atoms with E-state index in [1.807, 2.05) is 24.4 Å². The summed E-state index contributed by atoms with van der Waals surface area (Å²) in [5, 5.41) is 2.38. The van der Waals surface area contributed by atoms with E-state index in [0.717, 1.165) is 47.6 Å². The van der Waals surface area contributed by atoms with E-state index in [-0.39, 0.29) is 12.3 Å². The van der Waals surface area contributed by atoms with Gasteiger partial charge in [-0.3, -0.25) is 0 Å². The lowest BCUT2D eigenvalue weighted by molar-refractivity contribution is 0.00119. The quantitative estimate of drug-likeness (QED) is 0.507. The minimum Gasteiger partial charge on any atom is -0.480 e. The number of aryl methyl sites for hydroxylation is 1. The van der Waals surface area contributed by atoms with Gasteiger partial charge in [-0.05, 0) is 49.4 Å². The second-order valence-electron chi connectivity index (χ2n) is 7.55. The molecule has 2 atom stereocenters. The number of fused-ring (bicyclic) bond motifs is 2. The molecule has 0 saturated carbocycles. The zero-order valence-electron chi connectivity index (χ0n) is 16.6. The predicted molar refractivity (Wildman–Crippen MR) is 117 cm³/mol. The van der Waals surface area contributed by atoms with Crippen molar-refractivity contribution in [1.82, 2.24) is 19.5 Å². The summed E-state index contributed by atoms with van der Waals surface area (Å²) < 4.78 is 13.7. The molecule has 5 rings (SSSR count). The Labute approximate surface area is 178 Å². The third-order valence-corrected chi connectivity index (χ3v) is 5.98. The van der Waals surface area contributed by atoms with Crippen LogP contribution < -0.4 is 10.5 Å². The number of benzene rings is 1. The van der Waals surface area contributed by atoms with Gasteiger partial charge in [-0.1, -0.05) is 23.7 Å². The molecule has 0 bridgehead atoms. The van der Waals surface area contributed by atoms with E-state index in [1.165, 1.54) is 11.9 Å². The van der Waals surface area contributed by atoms with Crippen molar-refractivity contribution in [3.8, 4) is 5.88 Å². The number of methoxy groups -OCH3 is 1. The van der Waals surface area contributed by atoms with Crippen molar-refractivity contribution in [2.45, 2.75) is 38.0 Å². The van der Waals surface area contributed by atoms with Crippen molar-refractivity contribution in [2.24, 2.45) is 0 Å². The summed E-state index contributed by atoms with van der Waals surface area (Å²) in [4.78, 5) is 13.0. The summed E-state index contributed by atoms with van der Waals surface area (Å²) >= 11 is 6.06. The number of nitrogen functional groups attached to an aromatic ring is 1. The van der Waals surface area contributed by atoms with E-state index in [4.69, 9.17) is 26.8 Å². The molecule has 8 heteroatoms. The number of aromatic nitrogens is 4. The molecule has 1 aliphatic heterocycles. The van der Waals surface area contributed by atoms with Gasteiger partial charge in [0.1, 0.15) is 24.0 Å². The van der Waals surface area contributed by atoms with Gasteiger partial charge in [-0.15, -0.1) is 0 Å². The van der Waals surface area contributed by atoms with Gasteiger partial charge in [0.25, 0.3) is 0 Å². The highest BCUT2D eigenvalue weighted by molar-refractivity contribution is 6.33. The molecule has 1 fully saturated rings. The summed E-state index contributed by atoms with van der Waals surface area (Å²) in [6.45, 7) is 0. The van der Waals surface area contributed by atoms with Crippen LogP contribution in [0.5, 0.6) is 5.88 Å². The molecular weight excluding hydrogens is 402 g/mol. The van der Waals surface area contributed by atoms with Gasteiger partial charge in [-0.25, -0.2) is 15.0 Å². The van der Waals surface area contributed by atoms with Crippen molar-refractivity contribution in [2.75, 3.05) is 12.8 Å². The normalized spacial score (nSPS) is 19.0. The number of ether oxygens (including phenoxy) is 2. The number of halogens is 1. The summed E-state index contributed by atoms with van der Waals surface area (Å²) in [6.07, 6.45) is 7.54. The molecule has 3 aromatic heterocycles. The molecule has 4 heterocycles. The molecule has 1 saturated heterocycles. The maximum absolute atomic E-state index is 6.34. The number of hydrogen-bond acceptors (Lipinski definition) is 6. The number of anilines is 1. The second-order valence-corrected chi connectivity index (χ2v) is 7.96. The monoisotopic (exact) mass is 423 g/mol. The lowest BCUT2D eigenvalue weighted by Gasteiger charge is -2.16. The summed E-state index contributed by atoms with van der Waals surface area (Å²) in [7, 11) is 1.62. The topological polar surface area (TPSA) is 88.1 Å². The molecule has 7 nitrogen and oxygen atoms in total. The minimum absolute atomic E-state index is 0.0210. The van der Waals surface area contributed by atoms with Crippen LogP contribution in [0.4, 0.5) is 5.82 Å². The first kappa shape index (κ1) is 19.1. The van der Waals surface area contributed by atoms with E-state index in [1.54, 1.807) is 7.11 Å². The van der Waals surface area contributed by atoms with Crippen LogP contribution in [0.25, 0.3) is 21.9 Å². The van der Waals surface area contributed by atoms with Crippen LogP contribution in [-0.2, 0) is 11.2 Å². The van der Waals surface area contributed by atoms with E-state index >= 15 is 0 Å². The van der Waals surface area contributed by atoms with Gasteiger partial charge >= 0.3 is 0 Å². The van der Waals surface area contributed by atoms with E-state index < -0.39 is 0 Å². The molecule has 2 N–H and O–H groups in total. The van der Waals surface area contributed by atoms with E-state index in [0.29, 0.717) is 16.7 Å². The summed E-state index contributed by atoms with van der Waals surface area (Å²) in [5.74, 6) is 0.947. The average Bonchev–Trinajstić information content (AvgIpc) is 3.39. The van der Waals surface area contributed by atoms with Crippen molar-refractivity contribution in [1.29, 1.82) is 0 Å². The van der Waals surface area contributed by atoms with Gasteiger partial charge in [0, 0.05) is 11.6 Å². The molecule has 0 spiro atoms. The molecule has 1 aromatic carbocycles. The molecule has 2 unspecified atom stereocenters. The second kappa shape index (κ2) is 7.74. The first-order valence-electron chi connectivity index (χ1n) is 9.98. The lowest BCUT2D eigenvalue weighted by atomic mass is 10.0. The Morgan fingerprint density at radius 1 is 1.23 bits per heavy atom. The Hall–Kier alpha value is -2.90. The smallest absolute Gasteiger partial charge is 0.225 e. The summed E-state index contributed by atoms with van der Waals surface area (Å²) in [5.41, 5.74) is 8.77. The number of nitrogens with zero attached hydrogens (tertiary/aromatic N) is 4. The number of rotatable bonds is 5. The zero-order valence-corrected chi connectivity index (χ0v) is 17.3. The van der Waals surface area contributed by atoms with Gasteiger partial charge in [-0.2, -0.15) is 0 Å². The largest absolute Gasteiger partial charge is 0.480 e. The first-order chi connectivity index (χ1) is 14.6. The van der Waals surface area contributed by atoms with Gasteiger partial charge in [0.15, 0.2) is 0 Å². The van der Waals surface area contributed by atoms with Gasteiger partial charge in [0.2, 0.25) is 5.88 Å². The van der Waals surface area contributed by atoms with E-state index in [9.17, 15) is 0 Å². The van der Waals surface area contributed by atoms with Crippen molar-refractivity contribution < 1.29 is 9.47 Å². The molecule has 30 heavy (non-hydrogen) atoms. The highest BCUT2D eigenvalue weighted by Crippen LogP contribution is 2.34. The Bertz CT molecular complexity index is 1230. The van der Waals surface area contributed by atoms with Crippen LogP contribution in [-0.4, -0.2) is 32.7 Å². The highest BCUT2D eigenvalue weighted by Gasteiger charge is 2.27. The van der Waals surface area contributed by atoms with E-state index in [2.05, 4.69) is 31.7 Å². The predicted octanol–water partition coefficient (Wildman–Crippen LogP) is 4.53. The molecular formula is C22H22ClN5O2. The molecule has 0 aliphatic carbocycles. The van der Waals surface area contributed by atoms with Gasteiger partial charge in [0.05, 0.1) is 29.1 Å². The molecule has 0 radical (unpaired) electrons. The highest BCUT2D eigenvalue weighted by atomic mass is 35.5. The van der Waals surface area contributed by atoms with Crippen LogP contribution in [0.3, 0.4) is 0 Å². The number of nitrogens with two attached hydrogens (primary N) is 1. The number of pyridine rings is 1. The van der Waals surface area contributed by atoms with Crippen molar-refractivity contribution in [3.05, 3.63) is 53.4 Å². The third kappa shape index (κ3) is 3.44. The molecule has 154 valence electrons. The molecule has 1 aliphatic rings. The Morgan fingerprint density at radius 2 is 2.13 bits per heavy atom. The van der Waals surface area contributed by atoms with Gasteiger partial charge < -0.3 is 19.8 Å². The SMILES string of the molecule is COc1ncnc2c1ccn2C1CCC(CCc2ccc3cc(Cl)c(N)nc3c2)O1. The first-order valence-corrected chi connectivity index (χ1v) is 10.4. The van der Waals surface area contributed by atoms with Crippen LogP contribution in [0.15, 0.2) is 42.9 Å². The van der Waals surface area contributed by atoms with Crippen LogP contribution in [0, 0.1) is 0 Å². The third-order valence-electron chi connectivity index (χ3n) is 5.68. The molecule has 0 amide bonds.